The van der Waals surface area contributed by atoms with Gasteiger partial charge in [0.25, 0.3) is 5.91 Å². The van der Waals surface area contributed by atoms with Crippen LogP contribution in [0.25, 0.3) is 11.5 Å². The van der Waals surface area contributed by atoms with Gasteiger partial charge < -0.3 is 35.2 Å². The number of amides is 3. The van der Waals surface area contributed by atoms with Crippen molar-refractivity contribution in [2.75, 3.05) is 45.9 Å². The fourth-order valence-corrected chi connectivity index (χ4v) is 6.19. The smallest absolute Gasteiger partial charge is 0.387 e. The number of hydrogen-bond acceptors (Lipinski definition) is 9. The van der Waals surface area contributed by atoms with Gasteiger partial charge in [0.1, 0.15) is 17.7 Å². The molecule has 12 nitrogen and oxygen atoms in total. The molecule has 3 aromatic rings. The molecule has 16 heteroatoms. The van der Waals surface area contributed by atoms with Crippen LogP contribution in [0.15, 0.2) is 40.8 Å². The summed E-state index contributed by atoms with van der Waals surface area (Å²) in [4.78, 5) is 48.0. The third kappa shape index (κ3) is 10.5. The average molecular weight is 745 g/mol. The summed E-state index contributed by atoms with van der Waals surface area (Å²) in [6.07, 6.45) is 5.80. The van der Waals surface area contributed by atoms with Crippen molar-refractivity contribution >= 4 is 17.7 Å². The maximum Gasteiger partial charge on any atom is 0.387 e. The van der Waals surface area contributed by atoms with Crippen molar-refractivity contribution in [3.63, 3.8) is 0 Å². The normalized spacial score (nSPS) is 16.8. The second-order valence-electron chi connectivity index (χ2n) is 13.7. The van der Waals surface area contributed by atoms with Crippen LogP contribution >= 0.6 is 0 Å². The van der Waals surface area contributed by atoms with Gasteiger partial charge in [0, 0.05) is 62.9 Å². The maximum absolute atomic E-state index is 14.8. The van der Waals surface area contributed by atoms with E-state index in [2.05, 4.69) is 25.3 Å². The van der Waals surface area contributed by atoms with Gasteiger partial charge in [-0.25, -0.2) is 13.8 Å². The first-order valence-electron chi connectivity index (χ1n) is 18.0. The Bertz CT molecular complexity index is 1760. The Labute approximate surface area is 304 Å². The summed E-state index contributed by atoms with van der Waals surface area (Å²) < 4.78 is 71.2. The summed E-state index contributed by atoms with van der Waals surface area (Å²) >= 11 is 0. The predicted octanol–water partition coefficient (Wildman–Crippen LogP) is 4.78. The topological polar surface area (TPSA) is 152 Å². The van der Waals surface area contributed by atoms with Crippen molar-refractivity contribution in [2.45, 2.75) is 64.1 Å². The highest BCUT2D eigenvalue weighted by Gasteiger charge is 2.31. The minimum absolute atomic E-state index is 0.0430. The van der Waals surface area contributed by atoms with E-state index in [1.54, 1.807) is 0 Å². The molecule has 1 atom stereocenters. The van der Waals surface area contributed by atoms with Crippen molar-refractivity contribution < 1.29 is 45.8 Å². The van der Waals surface area contributed by atoms with Gasteiger partial charge in [-0.1, -0.05) is 6.07 Å². The molecule has 1 unspecified atom stereocenters. The van der Waals surface area contributed by atoms with E-state index in [1.165, 1.54) is 31.0 Å². The second kappa shape index (κ2) is 17.4. The van der Waals surface area contributed by atoms with Crippen molar-refractivity contribution in [1.82, 2.24) is 25.4 Å². The van der Waals surface area contributed by atoms with Crippen LogP contribution in [0.4, 0.5) is 17.6 Å². The van der Waals surface area contributed by atoms with Crippen LogP contribution in [0.2, 0.25) is 0 Å². The highest BCUT2D eigenvalue weighted by Crippen LogP contribution is 2.35. The molecule has 0 radical (unpaired) electrons. The Hall–Kier alpha value is -4.70. The van der Waals surface area contributed by atoms with Gasteiger partial charge in [-0.3, -0.25) is 19.3 Å². The quantitative estimate of drug-likeness (QED) is 0.124. The minimum atomic E-state index is -3.13. The fraction of sp³-hybridized carbons (Fsp3) is 0.514. The van der Waals surface area contributed by atoms with Crippen molar-refractivity contribution in [2.24, 2.45) is 17.6 Å². The minimum Gasteiger partial charge on any atom is -0.490 e. The van der Waals surface area contributed by atoms with Gasteiger partial charge in [-0.2, -0.15) is 8.78 Å². The summed E-state index contributed by atoms with van der Waals surface area (Å²) in [6.45, 7) is 1.31. The molecule has 2 heterocycles. The monoisotopic (exact) mass is 744 g/mol. The van der Waals surface area contributed by atoms with Crippen LogP contribution in [-0.4, -0.2) is 85.0 Å². The SMILES string of the molecule is NCc1oc(-c2ccc(OC(F)F)c(OCCCCC(=O)N3CCN(CC4CC4)CC3)c2)nc1C(=O)NC(C(=O)NCC1CC1)c1ccc(F)cc1F. The van der Waals surface area contributed by atoms with Crippen LogP contribution < -0.4 is 25.8 Å². The number of nitrogens with one attached hydrogen (secondary N) is 2. The van der Waals surface area contributed by atoms with Gasteiger partial charge in [0.15, 0.2) is 23.0 Å². The number of carbonyl (C=O) groups excluding carboxylic acids is 3. The molecule has 2 aliphatic carbocycles. The Morgan fingerprint density at radius 1 is 0.962 bits per heavy atom. The van der Waals surface area contributed by atoms with E-state index in [4.69, 9.17) is 14.9 Å². The number of nitrogens with zero attached hydrogens (tertiary/aromatic N) is 3. The molecule has 1 aromatic heterocycles. The van der Waals surface area contributed by atoms with E-state index in [9.17, 15) is 31.9 Å². The molecular weight excluding hydrogens is 700 g/mol. The number of alkyl halides is 2. The number of hydrogen-bond donors (Lipinski definition) is 3. The molecule has 3 aliphatic rings. The summed E-state index contributed by atoms with van der Waals surface area (Å²) in [5.74, 6) is -2.79. The van der Waals surface area contributed by atoms with Gasteiger partial charge in [-0.05, 0) is 74.6 Å². The van der Waals surface area contributed by atoms with E-state index >= 15 is 0 Å². The molecule has 3 fully saturated rings. The first-order chi connectivity index (χ1) is 25.6. The summed E-state index contributed by atoms with van der Waals surface area (Å²) in [7, 11) is 0. The standard InChI is InChI=1S/C37H44F4N6O6/c38-25-9-10-26(27(39)18-25)32(34(49)43-20-22-4-5-22)44-35(50)33-30(19-42)52-36(45-33)24-8-11-28(53-37(40)41)29(17-24)51-16-2-1-3-31(48)47-14-12-46(13-15-47)21-23-6-7-23/h8-11,17-18,22-23,32,37H,1-7,12-16,19-21,42H2,(H,43,49)(H,44,50). The Morgan fingerprint density at radius 3 is 2.40 bits per heavy atom. The molecule has 2 saturated carbocycles. The van der Waals surface area contributed by atoms with Crippen LogP contribution in [0, 0.1) is 23.5 Å². The zero-order chi connectivity index (χ0) is 37.5. The van der Waals surface area contributed by atoms with Crippen LogP contribution in [0.1, 0.15) is 72.8 Å². The summed E-state index contributed by atoms with van der Waals surface area (Å²) in [6, 6.07) is 5.11. The molecule has 286 valence electrons. The largest absolute Gasteiger partial charge is 0.490 e. The fourth-order valence-electron chi connectivity index (χ4n) is 6.19. The number of piperazine rings is 1. The van der Waals surface area contributed by atoms with E-state index in [0.29, 0.717) is 50.9 Å². The van der Waals surface area contributed by atoms with Crippen LogP contribution in [0.5, 0.6) is 11.5 Å². The number of ether oxygens (including phenoxy) is 2. The molecule has 0 spiro atoms. The molecule has 2 aromatic carbocycles. The van der Waals surface area contributed by atoms with Gasteiger partial charge in [-0.15, -0.1) is 0 Å². The van der Waals surface area contributed by atoms with Crippen molar-refractivity contribution in [3.8, 4) is 23.0 Å². The van der Waals surface area contributed by atoms with Crippen molar-refractivity contribution in [1.29, 1.82) is 0 Å². The molecule has 4 N–H and O–H groups in total. The van der Waals surface area contributed by atoms with E-state index in [-0.39, 0.29) is 59.0 Å². The number of aromatic nitrogens is 1. The molecule has 3 amide bonds. The first kappa shape index (κ1) is 38.0. The lowest BCUT2D eigenvalue weighted by molar-refractivity contribution is -0.133. The van der Waals surface area contributed by atoms with Crippen LogP contribution in [-0.2, 0) is 16.1 Å². The highest BCUT2D eigenvalue weighted by molar-refractivity contribution is 5.97. The number of halogens is 4. The highest BCUT2D eigenvalue weighted by atomic mass is 19.3. The maximum atomic E-state index is 14.8. The lowest BCUT2D eigenvalue weighted by atomic mass is 10.0. The lowest BCUT2D eigenvalue weighted by Crippen LogP contribution is -2.49. The third-order valence-corrected chi connectivity index (χ3v) is 9.56. The number of oxazole rings is 1. The molecular formula is C37H44F4N6O6. The molecule has 1 saturated heterocycles. The first-order valence-corrected chi connectivity index (χ1v) is 18.0. The molecule has 0 bridgehead atoms. The summed E-state index contributed by atoms with van der Waals surface area (Å²) in [5.41, 5.74) is 5.53. The Morgan fingerprint density at radius 2 is 1.72 bits per heavy atom. The van der Waals surface area contributed by atoms with E-state index < -0.39 is 36.1 Å². The number of benzene rings is 2. The Balaban J connectivity index is 1.10. The summed E-state index contributed by atoms with van der Waals surface area (Å²) in [5, 5.41) is 5.16. The number of rotatable bonds is 18. The zero-order valence-electron chi connectivity index (χ0n) is 29.3. The average Bonchev–Trinajstić information content (AvgIpc) is 4.09. The van der Waals surface area contributed by atoms with Gasteiger partial charge in [0.2, 0.25) is 17.7 Å². The number of unbranched alkanes of at least 4 members (excludes halogenated alkanes) is 1. The van der Waals surface area contributed by atoms with Gasteiger partial charge >= 0.3 is 6.61 Å². The second-order valence-corrected chi connectivity index (χ2v) is 13.7. The zero-order valence-corrected chi connectivity index (χ0v) is 29.3. The molecule has 53 heavy (non-hydrogen) atoms. The van der Waals surface area contributed by atoms with E-state index in [0.717, 1.165) is 50.5 Å². The van der Waals surface area contributed by atoms with Crippen molar-refractivity contribution in [3.05, 3.63) is 65.1 Å². The Kier molecular flexibility index (Phi) is 12.5. The molecule has 6 rings (SSSR count). The number of nitrogens with two attached hydrogens (primary N) is 1. The molecule has 1 aliphatic heterocycles. The lowest BCUT2D eigenvalue weighted by Gasteiger charge is -2.34. The predicted molar refractivity (Wildman–Crippen MR) is 184 cm³/mol. The van der Waals surface area contributed by atoms with E-state index in [1.807, 2.05) is 4.90 Å². The number of carbonyl (C=O) groups is 3. The van der Waals surface area contributed by atoms with Gasteiger partial charge in [0.05, 0.1) is 13.2 Å². The third-order valence-electron chi connectivity index (χ3n) is 9.56. The van der Waals surface area contributed by atoms with Crippen LogP contribution in [0.3, 0.4) is 0 Å².